The summed E-state index contributed by atoms with van der Waals surface area (Å²) in [5.41, 5.74) is -0.477. The predicted molar refractivity (Wildman–Crippen MR) is 57.6 cm³/mol. The summed E-state index contributed by atoms with van der Waals surface area (Å²) in [6.07, 6.45) is 0. The summed E-state index contributed by atoms with van der Waals surface area (Å²) in [4.78, 5) is 15.5. The van der Waals surface area contributed by atoms with Gasteiger partial charge in [0.1, 0.15) is 12.2 Å². The molecule has 0 amide bonds. The predicted octanol–water partition coefficient (Wildman–Crippen LogP) is 0.252. The molecule has 0 aliphatic carbocycles. The van der Waals surface area contributed by atoms with Crippen LogP contribution in [0.25, 0.3) is 0 Å². The van der Waals surface area contributed by atoms with Crippen LogP contribution in [-0.4, -0.2) is 44.6 Å². The van der Waals surface area contributed by atoms with Gasteiger partial charge in [-0.05, 0) is 20.8 Å². The van der Waals surface area contributed by atoms with E-state index in [1.165, 1.54) is 0 Å². The molecule has 16 heavy (non-hydrogen) atoms. The molecule has 0 aliphatic rings. The van der Waals surface area contributed by atoms with Gasteiger partial charge in [-0.25, -0.2) is 10.7 Å². The van der Waals surface area contributed by atoms with Crippen LogP contribution in [0.5, 0.6) is 0 Å². The van der Waals surface area contributed by atoms with Crippen molar-refractivity contribution in [2.24, 2.45) is 5.90 Å². The molecule has 0 aromatic carbocycles. The van der Waals surface area contributed by atoms with Gasteiger partial charge in [-0.15, -0.1) is 0 Å². The lowest BCUT2D eigenvalue weighted by molar-refractivity contribution is -0.160. The Labute approximate surface area is 95.9 Å². The van der Waals surface area contributed by atoms with Gasteiger partial charge in [-0.1, -0.05) is 0 Å². The van der Waals surface area contributed by atoms with E-state index in [-0.39, 0.29) is 12.6 Å². The van der Waals surface area contributed by atoms with Crippen LogP contribution in [0.15, 0.2) is 0 Å². The minimum atomic E-state index is -0.477. The fourth-order valence-corrected chi connectivity index (χ4v) is 0.853. The molecular formula is C10H21NO5. The molecule has 0 rings (SSSR count). The summed E-state index contributed by atoms with van der Waals surface area (Å²) in [6.45, 7) is 6.84. The number of esters is 1. The van der Waals surface area contributed by atoms with Crippen LogP contribution in [0.1, 0.15) is 20.8 Å². The standard InChI is InChI=1S/C10H21NO5/c1-10(2,3)16-9(12)8-14-5-4-13-6-7-15-11/h4-8,11H2,1-3H3. The number of hydrogen-bond acceptors (Lipinski definition) is 6. The van der Waals surface area contributed by atoms with E-state index in [1.54, 1.807) is 20.8 Å². The molecule has 0 saturated heterocycles. The maximum Gasteiger partial charge on any atom is 0.332 e. The topological polar surface area (TPSA) is 80.0 Å². The Hall–Kier alpha value is -0.690. The lowest BCUT2D eigenvalue weighted by Gasteiger charge is -2.19. The van der Waals surface area contributed by atoms with Crippen molar-refractivity contribution < 1.29 is 23.8 Å². The summed E-state index contributed by atoms with van der Waals surface area (Å²) in [5.74, 6) is 4.42. The van der Waals surface area contributed by atoms with Crippen molar-refractivity contribution in [1.29, 1.82) is 0 Å². The highest BCUT2D eigenvalue weighted by Gasteiger charge is 2.15. The molecule has 0 aromatic rings. The molecule has 0 unspecified atom stereocenters. The third-order valence-electron chi connectivity index (χ3n) is 1.36. The number of carbonyl (C=O) groups excluding carboxylic acids is 1. The number of nitrogens with two attached hydrogens (primary N) is 1. The molecule has 0 fully saturated rings. The Kier molecular flexibility index (Phi) is 8.10. The number of ether oxygens (including phenoxy) is 3. The van der Waals surface area contributed by atoms with Gasteiger partial charge in [0, 0.05) is 0 Å². The van der Waals surface area contributed by atoms with Crippen LogP contribution < -0.4 is 5.90 Å². The molecule has 0 saturated carbocycles. The van der Waals surface area contributed by atoms with Crippen LogP contribution in [-0.2, 0) is 23.8 Å². The third kappa shape index (κ3) is 11.4. The Bertz CT molecular complexity index is 190. The van der Waals surface area contributed by atoms with Gasteiger partial charge >= 0.3 is 5.97 Å². The molecule has 0 spiro atoms. The van der Waals surface area contributed by atoms with E-state index >= 15 is 0 Å². The van der Waals surface area contributed by atoms with Gasteiger partial charge in [0.05, 0.1) is 26.4 Å². The van der Waals surface area contributed by atoms with E-state index in [9.17, 15) is 4.79 Å². The normalized spacial score (nSPS) is 11.5. The van der Waals surface area contributed by atoms with E-state index in [2.05, 4.69) is 4.84 Å². The Morgan fingerprint density at radius 1 is 1.06 bits per heavy atom. The summed E-state index contributed by atoms with van der Waals surface area (Å²) in [6, 6.07) is 0. The highest BCUT2D eigenvalue weighted by atomic mass is 16.6. The largest absolute Gasteiger partial charge is 0.458 e. The molecule has 0 atom stereocenters. The molecule has 0 aliphatic heterocycles. The van der Waals surface area contributed by atoms with Crippen molar-refractivity contribution in [2.45, 2.75) is 26.4 Å². The quantitative estimate of drug-likeness (QED) is 0.369. The van der Waals surface area contributed by atoms with Gasteiger partial charge in [0.2, 0.25) is 0 Å². The Balaban J connectivity index is 3.28. The van der Waals surface area contributed by atoms with E-state index in [1.807, 2.05) is 0 Å². The van der Waals surface area contributed by atoms with Crippen LogP contribution in [0.3, 0.4) is 0 Å². The van der Waals surface area contributed by atoms with E-state index in [0.717, 1.165) is 0 Å². The van der Waals surface area contributed by atoms with Gasteiger partial charge < -0.3 is 19.0 Å². The van der Waals surface area contributed by atoms with Gasteiger partial charge in [-0.2, -0.15) is 0 Å². The van der Waals surface area contributed by atoms with Crippen molar-refractivity contribution in [3.63, 3.8) is 0 Å². The van der Waals surface area contributed by atoms with E-state index in [4.69, 9.17) is 20.1 Å². The van der Waals surface area contributed by atoms with Crippen molar-refractivity contribution in [3.8, 4) is 0 Å². The molecule has 2 N–H and O–H groups in total. The van der Waals surface area contributed by atoms with Crippen LogP contribution in [0.4, 0.5) is 0 Å². The number of rotatable bonds is 8. The monoisotopic (exact) mass is 235 g/mol. The summed E-state index contributed by atoms with van der Waals surface area (Å²) in [7, 11) is 0. The first kappa shape index (κ1) is 15.3. The van der Waals surface area contributed by atoms with Gasteiger partial charge in [-0.3, -0.25) is 0 Å². The maximum absolute atomic E-state index is 11.2. The highest BCUT2D eigenvalue weighted by molar-refractivity contribution is 5.71. The second-order valence-electron chi connectivity index (χ2n) is 4.12. The molecular weight excluding hydrogens is 214 g/mol. The summed E-state index contributed by atoms with van der Waals surface area (Å²) >= 11 is 0. The smallest absolute Gasteiger partial charge is 0.332 e. The molecule has 0 bridgehead atoms. The average Bonchev–Trinajstić information content (AvgIpc) is 2.13. The highest BCUT2D eigenvalue weighted by Crippen LogP contribution is 2.06. The zero-order valence-corrected chi connectivity index (χ0v) is 10.2. The van der Waals surface area contributed by atoms with Crippen LogP contribution >= 0.6 is 0 Å². The molecule has 0 heterocycles. The zero-order valence-electron chi connectivity index (χ0n) is 10.2. The first-order chi connectivity index (χ1) is 7.45. The Morgan fingerprint density at radius 3 is 2.19 bits per heavy atom. The fourth-order valence-electron chi connectivity index (χ4n) is 0.853. The van der Waals surface area contributed by atoms with Gasteiger partial charge in [0.15, 0.2) is 0 Å². The fraction of sp³-hybridized carbons (Fsp3) is 0.900. The van der Waals surface area contributed by atoms with Gasteiger partial charge in [0.25, 0.3) is 0 Å². The van der Waals surface area contributed by atoms with Crippen molar-refractivity contribution in [2.75, 3.05) is 33.0 Å². The average molecular weight is 235 g/mol. The minimum Gasteiger partial charge on any atom is -0.458 e. The van der Waals surface area contributed by atoms with E-state index < -0.39 is 5.60 Å². The molecule has 0 radical (unpaired) electrons. The SMILES string of the molecule is CC(C)(C)OC(=O)COCCOCCON. The van der Waals surface area contributed by atoms with E-state index in [0.29, 0.717) is 26.4 Å². The lowest BCUT2D eigenvalue weighted by Crippen LogP contribution is -2.27. The lowest BCUT2D eigenvalue weighted by atomic mass is 10.2. The Morgan fingerprint density at radius 2 is 1.62 bits per heavy atom. The summed E-state index contributed by atoms with van der Waals surface area (Å²) < 4.78 is 15.2. The minimum absolute atomic E-state index is 0.0615. The van der Waals surface area contributed by atoms with Crippen molar-refractivity contribution in [1.82, 2.24) is 0 Å². The second-order valence-corrected chi connectivity index (χ2v) is 4.12. The van der Waals surface area contributed by atoms with Crippen molar-refractivity contribution >= 4 is 5.97 Å². The summed E-state index contributed by atoms with van der Waals surface area (Å²) in [5, 5.41) is 0. The maximum atomic E-state index is 11.2. The molecule has 6 nitrogen and oxygen atoms in total. The second kappa shape index (κ2) is 8.46. The molecule has 96 valence electrons. The van der Waals surface area contributed by atoms with Crippen molar-refractivity contribution in [3.05, 3.63) is 0 Å². The zero-order chi connectivity index (χ0) is 12.4. The van der Waals surface area contributed by atoms with Crippen LogP contribution in [0.2, 0.25) is 0 Å². The number of carbonyl (C=O) groups is 1. The number of hydrogen-bond donors (Lipinski definition) is 1. The van der Waals surface area contributed by atoms with Crippen LogP contribution in [0, 0.1) is 0 Å². The first-order valence-corrected chi connectivity index (χ1v) is 5.15. The molecule has 0 aromatic heterocycles. The molecule has 6 heteroatoms. The third-order valence-corrected chi connectivity index (χ3v) is 1.36. The first-order valence-electron chi connectivity index (χ1n) is 5.15.